The van der Waals surface area contributed by atoms with Crippen LogP contribution in [0.5, 0.6) is 0 Å². The lowest BCUT2D eigenvalue weighted by Gasteiger charge is -2.34. The first-order valence-corrected chi connectivity index (χ1v) is 9.67. The average Bonchev–Trinajstić information content (AvgIpc) is 3.39. The molecular formula is C19H16N6O2S. The van der Waals surface area contributed by atoms with Crippen LogP contribution in [-0.2, 0) is 0 Å². The van der Waals surface area contributed by atoms with Crippen molar-refractivity contribution in [3.63, 3.8) is 0 Å². The van der Waals surface area contributed by atoms with E-state index in [1.165, 1.54) is 0 Å². The molecule has 0 bridgehead atoms. The van der Waals surface area contributed by atoms with E-state index in [1.807, 2.05) is 30.5 Å². The van der Waals surface area contributed by atoms with Gasteiger partial charge in [-0.2, -0.15) is 13.8 Å². The average molecular weight is 392 g/mol. The van der Waals surface area contributed by atoms with Gasteiger partial charge in [-0.3, -0.25) is 9.59 Å². The molecule has 5 rings (SSSR count). The smallest absolute Gasteiger partial charge is 0.257 e. The van der Waals surface area contributed by atoms with Gasteiger partial charge in [0.05, 0.1) is 29.0 Å². The molecule has 28 heavy (non-hydrogen) atoms. The van der Waals surface area contributed by atoms with Crippen LogP contribution in [0.2, 0.25) is 0 Å². The number of fused-ring (bicyclic) bond motifs is 2. The van der Waals surface area contributed by atoms with Gasteiger partial charge in [0, 0.05) is 37.9 Å². The molecular weight excluding hydrogens is 376 g/mol. The number of amides is 2. The van der Waals surface area contributed by atoms with E-state index in [9.17, 15) is 9.59 Å². The Balaban J connectivity index is 1.29. The van der Waals surface area contributed by atoms with Gasteiger partial charge in [0.15, 0.2) is 0 Å². The molecule has 9 heteroatoms. The molecule has 4 aromatic rings. The molecule has 2 amide bonds. The molecule has 1 saturated heterocycles. The summed E-state index contributed by atoms with van der Waals surface area (Å²) in [5, 5.41) is 4.23. The van der Waals surface area contributed by atoms with Crippen molar-refractivity contribution >= 4 is 40.1 Å². The first-order valence-electron chi connectivity index (χ1n) is 8.94. The van der Waals surface area contributed by atoms with Crippen molar-refractivity contribution < 1.29 is 9.59 Å². The molecule has 0 atom stereocenters. The number of hydrogen-bond donors (Lipinski definition) is 0. The van der Waals surface area contributed by atoms with Crippen molar-refractivity contribution in [1.29, 1.82) is 0 Å². The predicted molar refractivity (Wildman–Crippen MR) is 104 cm³/mol. The zero-order valence-electron chi connectivity index (χ0n) is 14.9. The minimum absolute atomic E-state index is 0.0435. The van der Waals surface area contributed by atoms with Crippen LogP contribution in [0.4, 0.5) is 0 Å². The van der Waals surface area contributed by atoms with Gasteiger partial charge >= 0.3 is 0 Å². The molecule has 140 valence electrons. The molecule has 3 aromatic heterocycles. The molecule has 1 fully saturated rings. The van der Waals surface area contributed by atoms with Crippen LogP contribution in [0.3, 0.4) is 0 Å². The van der Waals surface area contributed by atoms with E-state index in [0.717, 1.165) is 28.3 Å². The van der Waals surface area contributed by atoms with Crippen molar-refractivity contribution in [3.05, 3.63) is 59.9 Å². The Hall–Kier alpha value is -3.33. The second kappa shape index (κ2) is 6.68. The maximum Gasteiger partial charge on any atom is 0.257 e. The fraction of sp³-hybridized carbons (Fsp3) is 0.211. The van der Waals surface area contributed by atoms with Gasteiger partial charge in [-0.15, -0.1) is 0 Å². The first-order chi connectivity index (χ1) is 13.7. The SMILES string of the molecule is O=C(c1ccc2nsnc2c1)N1CCN(C(=O)c2cnn3ccccc23)CC1. The van der Waals surface area contributed by atoms with Crippen molar-refractivity contribution in [1.82, 2.24) is 28.2 Å². The number of carbonyl (C=O) groups excluding carboxylic acids is 2. The molecule has 0 N–H and O–H groups in total. The summed E-state index contributed by atoms with van der Waals surface area (Å²) < 4.78 is 10.0. The van der Waals surface area contributed by atoms with Crippen molar-refractivity contribution in [3.8, 4) is 0 Å². The third kappa shape index (κ3) is 2.80. The number of piperazine rings is 1. The molecule has 8 nitrogen and oxygen atoms in total. The standard InChI is InChI=1S/C19H16N6O2S/c26-18(13-4-5-15-16(11-13)22-28-21-15)23-7-9-24(10-8-23)19(27)14-12-20-25-6-2-1-3-17(14)25/h1-6,11-12H,7-10H2. The summed E-state index contributed by atoms with van der Waals surface area (Å²) in [6.45, 7) is 1.98. The van der Waals surface area contributed by atoms with E-state index in [-0.39, 0.29) is 11.8 Å². The number of nitrogens with zero attached hydrogens (tertiary/aromatic N) is 6. The highest BCUT2D eigenvalue weighted by molar-refractivity contribution is 7.00. The Morgan fingerprint density at radius 2 is 1.64 bits per heavy atom. The Morgan fingerprint density at radius 1 is 0.893 bits per heavy atom. The highest BCUT2D eigenvalue weighted by atomic mass is 32.1. The number of hydrogen-bond acceptors (Lipinski definition) is 6. The van der Waals surface area contributed by atoms with E-state index >= 15 is 0 Å². The molecule has 0 aliphatic carbocycles. The minimum atomic E-state index is -0.0525. The molecule has 1 aromatic carbocycles. The van der Waals surface area contributed by atoms with E-state index < -0.39 is 0 Å². The predicted octanol–water partition coefficient (Wildman–Crippen LogP) is 1.94. The van der Waals surface area contributed by atoms with Gasteiger partial charge in [0.2, 0.25) is 0 Å². The molecule has 0 spiro atoms. The number of carbonyl (C=O) groups is 2. The van der Waals surface area contributed by atoms with Crippen molar-refractivity contribution in [2.24, 2.45) is 0 Å². The van der Waals surface area contributed by atoms with E-state index in [1.54, 1.807) is 32.6 Å². The van der Waals surface area contributed by atoms with E-state index in [0.29, 0.717) is 37.3 Å². The summed E-state index contributed by atoms with van der Waals surface area (Å²) in [6, 6.07) is 11.0. The zero-order chi connectivity index (χ0) is 19.1. The summed E-state index contributed by atoms with van der Waals surface area (Å²) in [7, 11) is 0. The highest BCUT2D eigenvalue weighted by Gasteiger charge is 2.27. The van der Waals surface area contributed by atoms with Crippen LogP contribution >= 0.6 is 11.7 Å². The summed E-state index contributed by atoms with van der Waals surface area (Å²) in [4.78, 5) is 29.3. The monoisotopic (exact) mass is 392 g/mol. The van der Waals surface area contributed by atoms with Gasteiger partial charge in [-0.05, 0) is 30.3 Å². The summed E-state index contributed by atoms with van der Waals surface area (Å²) in [5.74, 6) is -0.0961. The number of rotatable bonds is 2. The largest absolute Gasteiger partial charge is 0.335 e. The molecule has 0 unspecified atom stereocenters. The highest BCUT2D eigenvalue weighted by Crippen LogP contribution is 2.18. The van der Waals surface area contributed by atoms with Crippen LogP contribution in [0.25, 0.3) is 16.6 Å². The summed E-state index contributed by atoms with van der Waals surface area (Å²) in [6.07, 6.45) is 3.42. The van der Waals surface area contributed by atoms with Crippen molar-refractivity contribution in [2.75, 3.05) is 26.2 Å². The van der Waals surface area contributed by atoms with Crippen LogP contribution in [0, 0.1) is 0 Å². The van der Waals surface area contributed by atoms with E-state index in [4.69, 9.17) is 0 Å². The van der Waals surface area contributed by atoms with E-state index in [2.05, 4.69) is 13.8 Å². The molecule has 1 aliphatic heterocycles. The van der Waals surface area contributed by atoms with Crippen LogP contribution < -0.4 is 0 Å². The summed E-state index contributed by atoms with van der Waals surface area (Å²) >= 11 is 1.14. The van der Waals surface area contributed by atoms with Crippen molar-refractivity contribution in [2.45, 2.75) is 0 Å². The third-order valence-electron chi connectivity index (χ3n) is 5.01. The van der Waals surface area contributed by atoms with Crippen LogP contribution in [-0.4, -0.2) is 66.2 Å². The maximum absolute atomic E-state index is 12.9. The number of benzene rings is 1. The van der Waals surface area contributed by atoms with Gasteiger partial charge in [0.1, 0.15) is 11.0 Å². The third-order valence-corrected chi connectivity index (χ3v) is 5.57. The molecule has 1 aliphatic rings. The van der Waals surface area contributed by atoms with Crippen LogP contribution in [0.1, 0.15) is 20.7 Å². The number of aromatic nitrogens is 4. The first kappa shape index (κ1) is 16.8. The fourth-order valence-corrected chi connectivity index (χ4v) is 4.00. The zero-order valence-corrected chi connectivity index (χ0v) is 15.7. The Bertz CT molecular complexity index is 1190. The lowest BCUT2D eigenvalue weighted by molar-refractivity contribution is 0.0536. The second-order valence-electron chi connectivity index (χ2n) is 6.64. The Morgan fingerprint density at radius 3 is 2.46 bits per heavy atom. The minimum Gasteiger partial charge on any atom is -0.335 e. The Labute approximate surface area is 164 Å². The lowest BCUT2D eigenvalue weighted by atomic mass is 10.1. The number of pyridine rings is 1. The fourth-order valence-electron chi connectivity index (χ4n) is 3.48. The molecule has 0 saturated carbocycles. The van der Waals surface area contributed by atoms with Gasteiger partial charge in [-0.1, -0.05) is 6.07 Å². The van der Waals surface area contributed by atoms with Crippen LogP contribution in [0.15, 0.2) is 48.8 Å². The molecule has 0 radical (unpaired) electrons. The summed E-state index contributed by atoms with van der Waals surface area (Å²) in [5.41, 5.74) is 3.50. The Kier molecular flexibility index (Phi) is 4.01. The maximum atomic E-state index is 12.9. The quantitative estimate of drug-likeness (QED) is 0.521. The van der Waals surface area contributed by atoms with Gasteiger partial charge in [0.25, 0.3) is 11.8 Å². The normalized spacial score (nSPS) is 14.7. The van der Waals surface area contributed by atoms with Gasteiger partial charge < -0.3 is 9.80 Å². The second-order valence-corrected chi connectivity index (χ2v) is 7.17. The topological polar surface area (TPSA) is 83.7 Å². The lowest BCUT2D eigenvalue weighted by Crippen LogP contribution is -2.50. The van der Waals surface area contributed by atoms with Gasteiger partial charge in [-0.25, -0.2) is 4.52 Å². The molecule has 4 heterocycles.